The van der Waals surface area contributed by atoms with Crippen LogP contribution in [0.25, 0.3) is 0 Å². The Labute approximate surface area is 122 Å². The fraction of sp³-hybridized carbons (Fsp3) is 0.429. The van der Waals surface area contributed by atoms with E-state index in [1.807, 2.05) is 18.2 Å². The molecule has 1 unspecified atom stereocenters. The molecule has 0 aliphatic heterocycles. The molecule has 1 aromatic carbocycles. The minimum atomic E-state index is -0.956. The molecule has 0 heterocycles. The predicted molar refractivity (Wildman–Crippen MR) is 75.8 cm³/mol. The van der Waals surface area contributed by atoms with E-state index in [2.05, 4.69) is 5.32 Å². The number of carbonyl (C=O) groups excluding carboxylic acids is 1. The minimum absolute atomic E-state index is 0.138. The molecule has 5 nitrogen and oxygen atoms in total. The molecule has 0 bridgehead atoms. The summed E-state index contributed by atoms with van der Waals surface area (Å²) in [5.74, 6) is -1.11. The zero-order chi connectivity index (χ0) is 15.0. The number of carboxylic acids is 1. The molecule has 0 aliphatic carbocycles. The van der Waals surface area contributed by atoms with Crippen LogP contribution in [-0.2, 0) is 20.7 Å². The van der Waals surface area contributed by atoms with Crippen LogP contribution in [0, 0.1) is 0 Å². The average Bonchev–Trinajstić information content (AvgIpc) is 2.42. The van der Waals surface area contributed by atoms with E-state index in [4.69, 9.17) is 21.4 Å². The van der Waals surface area contributed by atoms with Crippen molar-refractivity contribution in [2.75, 3.05) is 13.7 Å². The van der Waals surface area contributed by atoms with Crippen molar-refractivity contribution in [1.29, 1.82) is 0 Å². The largest absolute Gasteiger partial charge is 0.481 e. The second-order valence-electron chi connectivity index (χ2n) is 4.35. The molecule has 1 atom stereocenters. The van der Waals surface area contributed by atoms with Crippen LogP contribution in [0.4, 0.5) is 0 Å². The lowest BCUT2D eigenvalue weighted by molar-refractivity contribution is -0.140. The van der Waals surface area contributed by atoms with Gasteiger partial charge in [0.25, 0.3) is 0 Å². The van der Waals surface area contributed by atoms with Crippen molar-refractivity contribution >= 4 is 23.5 Å². The maximum Gasteiger partial charge on any atom is 0.306 e. The Morgan fingerprint density at radius 1 is 1.40 bits per heavy atom. The fourth-order valence-corrected chi connectivity index (χ4v) is 1.93. The molecule has 1 amide bonds. The smallest absolute Gasteiger partial charge is 0.306 e. The van der Waals surface area contributed by atoms with Gasteiger partial charge in [0.05, 0.1) is 12.5 Å². The van der Waals surface area contributed by atoms with Gasteiger partial charge < -0.3 is 15.2 Å². The molecule has 0 spiro atoms. The second kappa shape index (κ2) is 8.55. The first-order chi connectivity index (χ1) is 9.52. The second-order valence-corrected chi connectivity index (χ2v) is 4.76. The number of carboxylic acid groups (broad SMARTS) is 1. The van der Waals surface area contributed by atoms with E-state index in [1.165, 1.54) is 7.11 Å². The van der Waals surface area contributed by atoms with Crippen LogP contribution < -0.4 is 5.32 Å². The first-order valence-electron chi connectivity index (χ1n) is 6.27. The maximum absolute atomic E-state index is 11.7. The molecule has 0 aromatic heterocycles. The number of benzene rings is 1. The summed E-state index contributed by atoms with van der Waals surface area (Å²) in [5, 5.41) is 12.0. The molecule has 2 N–H and O–H groups in total. The van der Waals surface area contributed by atoms with Crippen molar-refractivity contribution in [3.63, 3.8) is 0 Å². The highest BCUT2D eigenvalue weighted by atomic mass is 35.5. The number of aliphatic carboxylic acids is 1. The van der Waals surface area contributed by atoms with Gasteiger partial charge in [0, 0.05) is 25.1 Å². The Kier molecular flexibility index (Phi) is 7.04. The molecule has 0 saturated carbocycles. The summed E-state index contributed by atoms with van der Waals surface area (Å²) < 4.78 is 4.98. The van der Waals surface area contributed by atoms with Crippen molar-refractivity contribution in [2.24, 2.45) is 0 Å². The van der Waals surface area contributed by atoms with E-state index in [0.29, 0.717) is 17.9 Å². The number of hydrogen-bond donors (Lipinski definition) is 2. The Balaban J connectivity index is 2.33. The third-order valence-electron chi connectivity index (χ3n) is 2.84. The number of ether oxygens (including phenoxy) is 1. The van der Waals surface area contributed by atoms with E-state index in [9.17, 15) is 9.59 Å². The quantitative estimate of drug-likeness (QED) is 0.768. The van der Waals surface area contributed by atoms with E-state index < -0.39 is 12.1 Å². The highest BCUT2D eigenvalue weighted by molar-refractivity contribution is 6.31. The van der Waals surface area contributed by atoms with E-state index in [-0.39, 0.29) is 18.9 Å². The molecular weight excluding hydrogens is 282 g/mol. The molecule has 20 heavy (non-hydrogen) atoms. The van der Waals surface area contributed by atoms with Gasteiger partial charge in [-0.15, -0.1) is 0 Å². The van der Waals surface area contributed by atoms with Gasteiger partial charge in [-0.3, -0.25) is 9.59 Å². The molecule has 0 fully saturated rings. The van der Waals surface area contributed by atoms with Gasteiger partial charge in [0.15, 0.2) is 0 Å². The van der Waals surface area contributed by atoms with E-state index >= 15 is 0 Å². The van der Waals surface area contributed by atoms with Crippen molar-refractivity contribution in [2.45, 2.75) is 25.4 Å². The molecule has 0 radical (unpaired) electrons. The average molecular weight is 300 g/mol. The molecule has 110 valence electrons. The van der Waals surface area contributed by atoms with Gasteiger partial charge in [0.1, 0.15) is 0 Å². The summed E-state index contributed by atoms with van der Waals surface area (Å²) in [7, 11) is 1.42. The van der Waals surface area contributed by atoms with Crippen LogP contribution in [-0.4, -0.2) is 36.7 Å². The summed E-state index contributed by atoms with van der Waals surface area (Å²) in [4.78, 5) is 22.2. The first-order valence-corrected chi connectivity index (χ1v) is 6.65. The van der Waals surface area contributed by atoms with Crippen molar-refractivity contribution < 1.29 is 19.4 Å². The first kappa shape index (κ1) is 16.5. The van der Waals surface area contributed by atoms with Crippen LogP contribution in [0.3, 0.4) is 0 Å². The Morgan fingerprint density at radius 3 is 2.70 bits per heavy atom. The zero-order valence-electron chi connectivity index (χ0n) is 11.3. The van der Waals surface area contributed by atoms with Gasteiger partial charge in [0.2, 0.25) is 5.91 Å². The van der Waals surface area contributed by atoms with Gasteiger partial charge in [-0.1, -0.05) is 29.8 Å². The SMILES string of the molecule is COC(CNC(=O)CCc1ccccc1Cl)CC(=O)O. The van der Waals surface area contributed by atoms with Crippen LogP contribution in [0.2, 0.25) is 5.02 Å². The molecule has 6 heteroatoms. The normalized spacial score (nSPS) is 11.9. The number of rotatable bonds is 8. The zero-order valence-corrected chi connectivity index (χ0v) is 12.0. The third-order valence-corrected chi connectivity index (χ3v) is 3.21. The Bertz CT molecular complexity index is 464. The summed E-state index contributed by atoms with van der Waals surface area (Å²) in [6, 6.07) is 7.36. The van der Waals surface area contributed by atoms with Crippen molar-refractivity contribution in [1.82, 2.24) is 5.32 Å². The number of halogens is 1. The molecule has 1 rings (SSSR count). The molecule has 1 aromatic rings. The molecule has 0 aliphatic rings. The van der Waals surface area contributed by atoms with Crippen LogP contribution in [0.5, 0.6) is 0 Å². The molecule has 0 saturated heterocycles. The standard InChI is InChI=1S/C14H18ClNO4/c1-20-11(8-14(18)19)9-16-13(17)7-6-10-4-2-3-5-12(10)15/h2-5,11H,6-9H2,1H3,(H,16,17)(H,18,19). The van der Waals surface area contributed by atoms with Crippen LogP contribution >= 0.6 is 11.6 Å². The topological polar surface area (TPSA) is 75.6 Å². The number of aryl methyl sites for hydroxylation is 1. The Morgan fingerprint density at radius 2 is 2.10 bits per heavy atom. The third kappa shape index (κ3) is 6.04. The van der Waals surface area contributed by atoms with Gasteiger partial charge in [-0.25, -0.2) is 0 Å². The van der Waals surface area contributed by atoms with E-state index in [1.54, 1.807) is 6.07 Å². The summed E-state index contributed by atoms with van der Waals surface area (Å²) >= 11 is 6.00. The number of hydrogen-bond acceptors (Lipinski definition) is 3. The summed E-state index contributed by atoms with van der Waals surface area (Å²) in [5.41, 5.74) is 0.915. The lowest BCUT2D eigenvalue weighted by Gasteiger charge is -2.14. The minimum Gasteiger partial charge on any atom is -0.481 e. The van der Waals surface area contributed by atoms with Gasteiger partial charge in [-0.05, 0) is 18.1 Å². The highest BCUT2D eigenvalue weighted by Gasteiger charge is 2.13. The van der Waals surface area contributed by atoms with Crippen molar-refractivity contribution in [3.05, 3.63) is 34.9 Å². The highest BCUT2D eigenvalue weighted by Crippen LogP contribution is 2.16. The van der Waals surface area contributed by atoms with E-state index in [0.717, 1.165) is 5.56 Å². The maximum atomic E-state index is 11.7. The number of carbonyl (C=O) groups is 2. The fourth-order valence-electron chi connectivity index (χ4n) is 1.70. The monoisotopic (exact) mass is 299 g/mol. The number of amides is 1. The van der Waals surface area contributed by atoms with Crippen LogP contribution in [0.15, 0.2) is 24.3 Å². The van der Waals surface area contributed by atoms with Crippen molar-refractivity contribution in [3.8, 4) is 0 Å². The molecular formula is C14H18ClNO4. The lowest BCUT2D eigenvalue weighted by Crippen LogP contribution is -2.34. The predicted octanol–water partition coefficient (Wildman–Crippen LogP) is 1.88. The van der Waals surface area contributed by atoms with Crippen LogP contribution in [0.1, 0.15) is 18.4 Å². The number of nitrogens with one attached hydrogen (secondary N) is 1. The number of methoxy groups -OCH3 is 1. The Hall–Kier alpha value is -1.59. The lowest BCUT2D eigenvalue weighted by atomic mass is 10.1. The van der Waals surface area contributed by atoms with Gasteiger partial charge in [-0.2, -0.15) is 0 Å². The summed E-state index contributed by atoms with van der Waals surface area (Å²) in [6.07, 6.45) is 0.188. The summed E-state index contributed by atoms with van der Waals surface area (Å²) in [6.45, 7) is 0.185. The van der Waals surface area contributed by atoms with Gasteiger partial charge >= 0.3 is 5.97 Å².